The fourth-order valence-corrected chi connectivity index (χ4v) is 1.14. The van der Waals surface area contributed by atoms with Crippen LogP contribution < -0.4 is 0 Å². The Labute approximate surface area is 87.5 Å². The monoisotopic (exact) mass is 208 g/mol. The van der Waals surface area contributed by atoms with Crippen LogP contribution in [0.25, 0.3) is 0 Å². The molecule has 0 aliphatic carbocycles. The van der Waals surface area contributed by atoms with Crippen molar-refractivity contribution in [3.05, 3.63) is 29.3 Å². The van der Waals surface area contributed by atoms with Gasteiger partial charge >= 0.3 is 5.97 Å². The Hall–Kier alpha value is -1.84. The Morgan fingerprint density at radius 2 is 2.00 bits per heavy atom. The smallest absolute Gasteiger partial charge is 0.302 e. The van der Waals surface area contributed by atoms with Crippen molar-refractivity contribution in [2.45, 2.75) is 20.5 Å². The molecule has 1 rings (SSSR count). The highest BCUT2D eigenvalue weighted by molar-refractivity contribution is 5.96. The highest BCUT2D eigenvalue weighted by Gasteiger charge is 2.07. The molecule has 0 bridgehead atoms. The highest BCUT2D eigenvalue weighted by Crippen LogP contribution is 2.19. The molecule has 0 amide bonds. The molecule has 0 heterocycles. The van der Waals surface area contributed by atoms with Crippen LogP contribution in [0.5, 0.6) is 5.75 Å². The van der Waals surface area contributed by atoms with Crippen molar-refractivity contribution in [2.75, 3.05) is 0 Å². The van der Waals surface area contributed by atoms with E-state index in [1.54, 1.807) is 6.07 Å². The molecule has 0 saturated carbocycles. The van der Waals surface area contributed by atoms with Crippen LogP contribution in [-0.2, 0) is 16.1 Å². The van der Waals surface area contributed by atoms with Gasteiger partial charge in [0.2, 0.25) is 0 Å². The van der Waals surface area contributed by atoms with E-state index in [9.17, 15) is 14.7 Å². The quantitative estimate of drug-likeness (QED) is 0.606. The number of aromatic hydroxyl groups is 1. The third-order valence-electron chi connectivity index (χ3n) is 1.88. The van der Waals surface area contributed by atoms with Gasteiger partial charge in [-0.25, -0.2) is 0 Å². The average molecular weight is 208 g/mol. The molecular formula is C11H12O4. The number of Topliss-reactive ketones (excluding diaryl/α,β-unsaturated/α-hetero) is 1. The summed E-state index contributed by atoms with van der Waals surface area (Å²) in [6.45, 7) is 2.78. The van der Waals surface area contributed by atoms with Crippen LogP contribution in [0.15, 0.2) is 18.2 Å². The minimum absolute atomic E-state index is 0.0610. The van der Waals surface area contributed by atoms with Crippen LogP contribution in [0.2, 0.25) is 0 Å². The zero-order valence-corrected chi connectivity index (χ0v) is 8.61. The zero-order valence-electron chi connectivity index (χ0n) is 8.61. The highest BCUT2D eigenvalue weighted by atomic mass is 16.5. The van der Waals surface area contributed by atoms with Crippen molar-refractivity contribution in [1.29, 1.82) is 0 Å². The Morgan fingerprint density at radius 3 is 2.53 bits per heavy atom. The largest absolute Gasteiger partial charge is 0.507 e. The number of phenolic OH excluding ortho intramolecular Hbond substituents is 1. The van der Waals surface area contributed by atoms with E-state index in [0.717, 1.165) is 0 Å². The van der Waals surface area contributed by atoms with E-state index in [1.807, 2.05) is 0 Å². The Kier molecular flexibility index (Phi) is 3.44. The summed E-state index contributed by atoms with van der Waals surface area (Å²) in [7, 11) is 0. The third kappa shape index (κ3) is 3.09. The van der Waals surface area contributed by atoms with Crippen molar-refractivity contribution >= 4 is 11.8 Å². The number of rotatable bonds is 3. The molecule has 1 aromatic rings. The fourth-order valence-electron chi connectivity index (χ4n) is 1.14. The van der Waals surface area contributed by atoms with E-state index in [4.69, 9.17) is 4.74 Å². The molecule has 80 valence electrons. The van der Waals surface area contributed by atoms with Gasteiger partial charge in [-0.05, 0) is 24.6 Å². The number of hydrogen-bond donors (Lipinski definition) is 1. The maximum Gasteiger partial charge on any atom is 0.302 e. The minimum atomic E-state index is -0.382. The molecule has 15 heavy (non-hydrogen) atoms. The summed E-state index contributed by atoms with van der Waals surface area (Å²) in [5.41, 5.74) is 0.910. The summed E-state index contributed by atoms with van der Waals surface area (Å²) in [6.07, 6.45) is 0. The molecule has 0 atom stereocenters. The van der Waals surface area contributed by atoms with Crippen molar-refractivity contribution in [1.82, 2.24) is 0 Å². The number of benzene rings is 1. The maximum absolute atomic E-state index is 11.1. The summed E-state index contributed by atoms with van der Waals surface area (Å²) >= 11 is 0. The topological polar surface area (TPSA) is 63.6 Å². The number of esters is 1. The molecule has 0 spiro atoms. The molecule has 0 aromatic heterocycles. The first-order valence-corrected chi connectivity index (χ1v) is 4.47. The molecule has 0 aliphatic heterocycles. The van der Waals surface area contributed by atoms with Crippen molar-refractivity contribution < 1.29 is 19.4 Å². The van der Waals surface area contributed by atoms with Crippen LogP contribution in [0.1, 0.15) is 29.8 Å². The normalized spacial score (nSPS) is 9.73. The second-order valence-electron chi connectivity index (χ2n) is 3.19. The van der Waals surface area contributed by atoms with Gasteiger partial charge in [0.15, 0.2) is 5.78 Å². The van der Waals surface area contributed by atoms with E-state index in [0.29, 0.717) is 5.56 Å². The van der Waals surface area contributed by atoms with Gasteiger partial charge in [-0.3, -0.25) is 9.59 Å². The first-order valence-electron chi connectivity index (χ1n) is 4.47. The first-order chi connectivity index (χ1) is 7.00. The van der Waals surface area contributed by atoms with Gasteiger partial charge in [-0.2, -0.15) is 0 Å². The number of ketones is 1. The van der Waals surface area contributed by atoms with Gasteiger partial charge in [-0.1, -0.05) is 6.07 Å². The van der Waals surface area contributed by atoms with Crippen LogP contribution >= 0.6 is 0 Å². The SMILES string of the molecule is CC(=O)OCc1ccc(O)c(C(C)=O)c1. The van der Waals surface area contributed by atoms with Crippen LogP contribution in [-0.4, -0.2) is 16.9 Å². The minimum Gasteiger partial charge on any atom is -0.507 e. The summed E-state index contributed by atoms with van der Waals surface area (Å²) in [5, 5.41) is 9.35. The summed E-state index contributed by atoms with van der Waals surface area (Å²) in [5.74, 6) is -0.668. The zero-order chi connectivity index (χ0) is 11.4. The number of ether oxygens (including phenoxy) is 1. The lowest BCUT2D eigenvalue weighted by Crippen LogP contribution is -2.00. The molecule has 1 aromatic carbocycles. The van der Waals surface area contributed by atoms with E-state index in [2.05, 4.69) is 0 Å². The van der Waals surface area contributed by atoms with Crippen molar-refractivity contribution in [3.8, 4) is 5.75 Å². The predicted molar refractivity (Wildman–Crippen MR) is 53.6 cm³/mol. The molecule has 0 saturated heterocycles. The van der Waals surface area contributed by atoms with Crippen molar-refractivity contribution in [2.24, 2.45) is 0 Å². The lowest BCUT2D eigenvalue weighted by atomic mass is 10.1. The van der Waals surface area contributed by atoms with E-state index in [1.165, 1.54) is 26.0 Å². The molecule has 0 unspecified atom stereocenters. The van der Waals surface area contributed by atoms with E-state index in [-0.39, 0.29) is 29.7 Å². The van der Waals surface area contributed by atoms with Crippen molar-refractivity contribution in [3.63, 3.8) is 0 Å². The number of phenols is 1. The Bertz CT molecular complexity index is 396. The van der Waals surface area contributed by atoms with Gasteiger partial charge in [0.1, 0.15) is 12.4 Å². The summed E-state index contributed by atoms with van der Waals surface area (Å²) in [6, 6.07) is 4.53. The first kappa shape index (κ1) is 11.2. The van der Waals surface area contributed by atoms with Crippen LogP contribution in [0, 0.1) is 0 Å². The van der Waals surface area contributed by atoms with E-state index < -0.39 is 0 Å². The number of carbonyl (C=O) groups excluding carboxylic acids is 2. The van der Waals surface area contributed by atoms with Crippen LogP contribution in [0.3, 0.4) is 0 Å². The lowest BCUT2D eigenvalue weighted by molar-refractivity contribution is -0.142. The molecule has 0 fully saturated rings. The van der Waals surface area contributed by atoms with E-state index >= 15 is 0 Å². The second-order valence-corrected chi connectivity index (χ2v) is 3.19. The van der Waals surface area contributed by atoms with Crippen LogP contribution in [0.4, 0.5) is 0 Å². The van der Waals surface area contributed by atoms with Gasteiger partial charge < -0.3 is 9.84 Å². The number of carbonyl (C=O) groups is 2. The lowest BCUT2D eigenvalue weighted by Gasteiger charge is -2.05. The van der Waals surface area contributed by atoms with Gasteiger partial charge in [0.05, 0.1) is 5.56 Å². The second kappa shape index (κ2) is 4.59. The summed E-state index contributed by atoms with van der Waals surface area (Å²) < 4.78 is 4.77. The maximum atomic E-state index is 11.1. The molecule has 1 N–H and O–H groups in total. The molecule has 4 heteroatoms. The predicted octanol–water partition coefficient (Wildman–Crippen LogP) is 1.66. The average Bonchev–Trinajstić information content (AvgIpc) is 2.16. The molecular weight excluding hydrogens is 196 g/mol. The Morgan fingerprint density at radius 1 is 1.33 bits per heavy atom. The third-order valence-corrected chi connectivity index (χ3v) is 1.88. The Balaban J connectivity index is 2.87. The summed E-state index contributed by atoms with van der Waals surface area (Å²) in [4.78, 5) is 21.7. The fraction of sp³-hybridized carbons (Fsp3) is 0.273. The standard InChI is InChI=1S/C11H12O4/c1-7(12)10-5-9(3-4-11(10)14)6-15-8(2)13/h3-5,14H,6H2,1-2H3. The van der Waals surface area contributed by atoms with Gasteiger partial charge in [0.25, 0.3) is 0 Å². The number of hydrogen-bond acceptors (Lipinski definition) is 4. The molecule has 0 radical (unpaired) electrons. The molecule has 4 nitrogen and oxygen atoms in total. The van der Waals surface area contributed by atoms with Gasteiger partial charge in [-0.15, -0.1) is 0 Å². The van der Waals surface area contributed by atoms with Gasteiger partial charge in [0, 0.05) is 6.92 Å². The molecule has 0 aliphatic rings.